The van der Waals surface area contributed by atoms with Gasteiger partial charge < -0.3 is 15.2 Å². The zero-order chi connectivity index (χ0) is 10.9. The molecule has 0 aromatic rings. The first-order valence-corrected chi connectivity index (χ1v) is 5.63. The summed E-state index contributed by atoms with van der Waals surface area (Å²) in [6.45, 7) is 9.20. The number of ether oxygens (including phenoxy) is 1. The standard InChI is InChI=1S/C11H25NO2/c1-4-8-14-9-6-7-12-10-11(3,13)5-2/h12-13H,4-10H2,1-3H3. The molecule has 0 fully saturated rings. The summed E-state index contributed by atoms with van der Waals surface area (Å²) < 4.78 is 5.34. The minimum Gasteiger partial charge on any atom is -0.389 e. The lowest BCUT2D eigenvalue weighted by atomic mass is 10.0. The van der Waals surface area contributed by atoms with Gasteiger partial charge in [0.2, 0.25) is 0 Å². The Morgan fingerprint density at radius 3 is 2.57 bits per heavy atom. The Kier molecular flexibility index (Phi) is 8.14. The molecule has 1 atom stereocenters. The normalized spacial score (nSPS) is 15.4. The maximum Gasteiger partial charge on any atom is 0.0740 e. The molecule has 0 heterocycles. The SMILES string of the molecule is CCCOCCCNCC(C)(O)CC. The Morgan fingerprint density at radius 2 is 2.00 bits per heavy atom. The van der Waals surface area contributed by atoms with Crippen molar-refractivity contribution in [2.45, 2.75) is 45.6 Å². The lowest BCUT2D eigenvalue weighted by Crippen LogP contribution is -2.37. The monoisotopic (exact) mass is 203 g/mol. The van der Waals surface area contributed by atoms with Gasteiger partial charge in [-0.2, -0.15) is 0 Å². The number of nitrogens with one attached hydrogen (secondary N) is 1. The van der Waals surface area contributed by atoms with Gasteiger partial charge >= 0.3 is 0 Å². The van der Waals surface area contributed by atoms with Crippen LogP contribution < -0.4 is 5.32 Å². The first-order chi connectivity index (χ1) is 6.62. The second-order valence-corrected chi connectivity index (χ2v) is 3.99. The second kappa shape index (κ2) is 8.21. The van der Waals surface area contributed by atoms with Crippen LogP contribution in [0.15, 0.2) is 0 Å². The number of rotatable bonds is 9. The van der Waals surface area contributed by atoms with E-state index in [1.54, 1.807) is 0 Å². The molecule has 0 aliphatic heterocycles. The van der Waals surface area contributed by atoms with Crippen LogP contribution in [0.3, 0.4) is 0 Å². The van der Waals surface area contributed by atoms with Crippen LogP contribution in [0.2, 0.25) is 0 Å². The lowest BCUT2D eigenvalue weighted by molar-refractivity contribution is 0.0548. The molecular weight excluding hydrogens is 178 g/mol. The first-order valence-electron chi connectivity index (χ1n) is 5.63. The van der Waals surface area contributed by atoms with E-state index in [0.717, 1.165) is 39.0 Å². The van der Waals surface area contributed by atoms with E-state index in [1.165, 1.54) is 0 Å². The van der Waals surface area contributed by atoms with Crippen molar-refractivity contribution in [2.75, 3.05) is 26.3 Å². The molecule has 0 aliphatic carbocycles. The summed E-state index contributed by atoms with van der Waals surface area (Å²) in [6, 6.07) is 0. The fourth-order valence-corrected chi connectivity index (χ4v) is 1.03. The van der Waals surface area contributed by atoms with Crippen molar-refractivity contribution in [3.63, 3.8) is 0 Å². The van der Waals surface area contributed by atoms with E-state index in [1.807, 2.05) is 13.8 Å². The molecule has 3 nitrogen and oxygen atoms in total. The van der Waals surface area contributed by atoms with E-state index >= 15 is 0 Å². The minimum atomic E-state index is -0.565. The van der Waals surface area contributed by atoms with E-state index < -0.39 is 5.60 Å². The molecule has 0 aliphatic rings. The van der Waals surface area contributed by atoms with Gasteiger partial charge in [0.1, 0.15) is 0 Å². The summed E-state index contributed by atoms with van der Waals surface area (Å²) in [4.78, 5) is 0. The zero-order valence-corrected chi connectivity index (χ0v) is 9.81. The van der Waals surface area contributed by atoms with Crippen molar-refractivity contribution in [3.8, 4) is 0 Å². The highest BCUT2D eigenvalue weighted by Gasteiger charge is 2.15. The average molecular weight is 203 g/mol. The van der Waals surface area contributed by atoms with Crippen LogP contribution in [0.4, 0.5) is 0 Å². The molecule has 3 heteroatoms. The topological polar surface area (TPSA) is 41.5 Å². The van der Waals surface area contributed by atoms with Crippen LogP contribution in [-0.4, -0.2) is 37.0 Å². The van der Waals surface area contributed by atoms with Crippen LogP contribution in [0, 0.1) is 0 Å². The highest BCUT2D eigenvalue weighted by Crippen LogP contribution is 2.05. The maximum atomic E-state index is 9.67. The van der Waals surface area contributed by atoms with E-state index in [2.05, 4.69) is 12.2 Å². The van der Waals surface area contributed by atoms with Gasteiger partial charge in [-0.25, -0.2) is 0 Å². The molecule has 0 aromatic carbocycles. The molecule has 14 heavy (non-hydrogen) atoms. The predicted molar refractivity (Wildman–Crippen MR) is 59.5 cm³/mol. The zero-order valence-electron chi connectivity index (χ0n) is 9.81. The fourth-order valence-electron chi connectivity index (χ4n) is 1.03. The Balaban J connectivity index is 3.13. The van der Waals surface area contributed by atoms with E-state index in [9.17, 15) is 5.11 Å². The van der Waals surface area contributed by atoms with Crippen LogP contribution in [0.1, 0.15) is 40.0 Å². The third kappa shape index (κ3) is 8.48. The molecule has 0 spiro atoms. The van der Waals surface area contributed by atoms with Crippen LogP contribution in [0.25, 0.3) is 0 Å². The largest absolute Gasteiger partial charge is 0.389 e. The Morgan fingerprint density at radius 1 is 1.29 bits per heavy atom. The summed E-state index contributed by atoms with van der Waals surface area (Å²) >= 11 is 0. The smallest absolute Gasteiger partial charge is 0.0740 e. The molecule has 0 saturated heterocycles. The molecule has 0 bridgehead atoms. The molecule has 86 valence electrons. The van der Waals surface area contributed by atoms with Crippen molar-refractivity contribution in [1.29, 1.82) is 0 Å². The van der Waals surface area contributed by atoms with Crippen LogP contribution >= 0.6 is 0 Å². The molecular formula is C11H25NO2. The molecule has 0 radical (unpaired) electrons. The van der Waals surface area contributed by atoms with Crippen molar-refractivity contribution in [1.82, 2.24) is 5.32 Å². The Bertz CT molecular complexity index is 126. The predicted octanol–water partition coefficient (Wildman–Crippen LogP) is 1.55. The summed E-state index contributed by atoms with van der Waals surface area (Å²) in [5, 5.41) is 12.9. The fraction of sp³-hybridized carbons (Fsp3) is 1.00. The number of hydrogen-bond acceptors (Lipinski definition) is 3. The third-order valence-corrected chi connectivity index (χ3v) is 2.26. The third-order valence-electron chi connectivity index (χ3n) is 2.26. The highest BCUT2D eigenvalue weighted by atomic mass is 16.5. The molecule has 0 saturated carbocycles. The van der Waals surface area contributed by atoms with Gasteiger partial charge in [0, 0.05) is 19.8 Å². The summed E-state index contributed by atoms with van der Waals surface area (Å²) in [6.07, 6.45) is 2.88. The molecule has 1 unspecified atom stereocenters. The molecule has 0 amide bonds. The van der Waals surface area contributed by atoms with Crippen LogP contribution in [-0.2, 0) is 4.74 Å². The summed E-state index contributed by atoms with van der Waals surface area (Å²) in [5.74, 6) is 0. The maximum absolute atomic E-state index is 9.67. The first kappa shape index (κ1) is 13.9. The van der Waals surface area contributed by atoms with E-state index in [4.69, 9.17) is 4.74 Å². The van der Waals surface area contributed by atoms with E-state index in [0.29, 0.717) is 6.54 Å². The molecule has 0 rings (SSSR count). The van der Waals surface area contributed by atoms with Gasteiger partial charge in [-0.05, 0) is 32.7 Å². The quantitative estimate of drug-likeness (QED) is 0.559. The van der Waals surface area contributed by atoms with Gasteiger partial charge in [-0.3, -0.25) is 0 Å². The van der Waals surface area contributed by atoms with Gasteiger partial charge in [-0.1, -0.05) is 13.8 Å². The van der Waals surface area contributed by atoms with Crippen molar-refractivity contribution in [2.24, 2.45) is 0 Å². The van der Waals surface area contributed by atoms with Gasteiger partial charge in [0.05, 0.1) is 5.60 Å². The summed E-state index contributed by atoms with van der Waals surface area (Å²) in [7, 11) is 0. The highest BCUT2D eigenvalue weighted by molar-refractivity contribution is 4.72. The lowest BCUT2D eigenvalue weighted by Gasteiger charge is -2.21. The molecule has 2 N–H and O–H groups in total. The Hall–Kier alpha value is -0.120. The summed E-state index contributed by atoms with van der Waals surface area (Å²) in [5.41, 5.74) is -0.565. The van der Waals surface area contributed by atoms with Gasteiger partial charge in [-0.15, -0.1) is 0 Å². The molecule has 0 aromatic heterocycles. The van der Waals surface area contributed by atoms with Crippen molar-refractivity contribution < 1.29 is 9.84 Å². The average Bonchev–Trinajstić information content (AvgIpc) is 2.16. The Labute approximate surface area is 87.8 Å². The van der Waals surface area contributed by atoms with Crippen molar-refractivity contribution >= 4 is 0 Å². The van der Waals surface area contributed by atoms with Gasteiger partial charge in [0.25, 0.3) is 0 Å². The minimum absolute atomic E-state index is 0.565. The van der Waals surface area contributed by atoms with Gasteiger partial charge in [0.15, 0.2) is 0 Å². The number of hydrogen-bond donors (Lipinski definition) is 2. The number of aliphatic hydroxyl groups is 1. The van der Waals surface area contributed by atoms with Crippen LogP contribution in [0.5, 0.6) is 0 Å². The second-order valence-electron chi connectivity index (χ2n) is 3.99. The van der Waals surface area contributed by atoms with E-state index in [-0.39, 0.29) is 0 Å². The van der Waals surface area contributed by atoms with Crippen molar-refractivity contribution in [3.05, 3.63) is 0 Å².